The van der Waals surface area contributed by atoms with Gasteiger partial charge < -0.3 is 19.5 Å². The Morgan fingerprint density at radius 2 is 1.96 bits per heavy atom. The van der Waals surface area contributed by atoms with Crippen LogP contribution in [0, 0.1) is 11.3 Å². The molecule has 6 heteroatoms. The van der Waals surface area contributed by atoms with Crippen LogP contribution in [-0.2, 0) is 14.3 Å². The van der Waals surface area contributed by atoms with Crippen molar-refractivity contribution in [3.8, 4) is 5.75 Å². The Labute approximate surface area is 142 Å². The number of nitrogens with zero attached hydrogens (tertiary/aromatic N) is 1. The maximum atomic E-state index is 12.2. The zero-order chi connectivity index (χ0) is 17.6. The molecule has 0 bridgehead atoms. The molecule has 0 spiro atoms. The van der Waals surface area contributed by atoms with Crippen LogP contribution in [0.3, 0.4) is 0 Å². The van der Waals surface area contributed by atoms with E-state index in [2.05, 4.69) is 0 Å². The number of carbonyl (C=O) groups excluding carboxylic acids is 1. The second kappa shape index (κ2) is 8.15. The molecule has 2 rings (SSSR count). The summed E-state index contributed by atoms with van der Waals surface area (Å²) in [7, 11) is 0. The van der Waals surface area contributed by atoms with E-state index in [1.807, 2.05) is 44.2 Å². The highest BCUT2D eigenvalue weighted by Crippen LogP contribution is 2.38. The summed E-state index contributed by atoms with van der Waals surface area (Å²) >= 11 is 0. The third-order valence-corrected chi connectivity index (χ3v) is 4.65. The van der Waals surface area contributed by atoms with Crippen LogP contribution >= 0.6 is 0 Å². The smallest absolute Gasteiger partial charge is 0.311 e. The number of likely N-dealkylation sites (tertiary alicyclic amines) is 1. The number of hydrogen-bond donors (Lipinski definition) is 1. The van der Waals surface area contributed by atoms with Gasteiger partial charge in [0.05, 0.1) is 12.0 Å². The first-order valence-electron chi connectivity index (χ1n) is 8.22. The molecular weight excluding hydrogens is 310 g/mol. The molecule has 0 saturated carbocycles. The fraction of sp³-hybridized carbons (Fsp3) is 0.556. The number of carboxylic acids is 1. The fourth-order valence-corrected chi connectivity index (χ4v) is 2.92. The van der Waals surface area contributed by atoms with Crippen LogP contribution in [-0.4, -0.2) is 54.8 Å². The van der Waals surface area contributed by atoms with E-state index in [4.69, 9.17) is 9.47 Å². The Balaban J connectivity index is 1.71. The third-order valence-electron chi connectivity index (χ3n) is 4.65. The second-order valence-electron chi connectivity index (χ2n) is 6.40. The minimum Gasteiger partial charge on any atom is -0.491 e. The molecule has 0 aromatic heterocycles. The summed E-state index contributed by atoms with van der Waals surface area (Å²) in [5, 5.41) is 9.50. The van der Waals surface area contributed by atoms with Crippen LogP contribution in [0.15, 0.2) is 30.3 Å². The maximum absolute atomic E-state index is 12.2. The molecule has 1 heterocycles. The molecule has 0 radical (unpaired) electrons. The number of rotatable bonds is 8. The predicted octanol–water partition coefficient (Wildman–Crippen LogP) is 2.04. The molecule has 1 fully saturated rings. The SMILES string of the molecule is CC(C)C1(C(=O)O)CCN(C(=O)COCCOc2ccccc2)C1. The summed E-state index contributed by atoms with van der Waals surface area (Å²) < 4.78 is 10.8. The van der Waals surface area contributed by atoms with E-state index in [1.165, 1.54) is 0 Å². The van der Waals surface area contributed by atoms with Crippen molar-refractivity contribution in [3.63, 3.8) is 0 Å². The van der Waals surface area contributed by atoms with Crippen LogP contribution in [0.1, 0.15) is 20.3 Å². The van der Waals surface area contributed by atoms with E-state index < -0.39 is 11.4 Å². The fourth-order valence-electron chi connectivity index (χ4n) is 2.92. The molecule has 1 saturated heterocycles. The topological polar surface area (TPSA) is 76.1 Å². The van der Waals surface area contributed by atoms with E-state index in [0.29, 0.717) is 26.2 Å². The average Bonchev–Trinajstić information content (AvgIpc) is 3.02. The molecule has 1 atom stereocenters. The Bertz CT molecular complexity index is 560. The van der Waals surface area contributed by atoms with Crippen molar-refractivity contribution >= 4 is 11.9 Å². The van der Waals surface area contributed by atoms with E-state index in [1.54, 1.807) is 4.90 Å². The van der Waals surface area contributed by atoms with Crippen LogP contribution < -0.4 is 4.74 Å². The molecule has 24 heavy (non-hydrogen) atoms. The van der Waals surface area contributed by atoms with E-state index >= 15 is 0 Å². The lowest BCUT2D eigenvalue weighted by atomic mass is 9.76. The lowest BCUT2D eigenvalue weighted by Gasteiger charge is -2.28. The second-order valence-corrected chi connectivity index (χ2v) is 6.40. The standard InChI is InChI=1S/C18H25NO5/c1-14(2)18(17(21)22)8-9-19(13-18)16(20)12-23-10-11-24-15-6-4-3-5-7-15/h3-7,14H,8-13H2,1-2H3,(H,21,22). The van der Waals surface area contributed by atoms with Crippen molar-refractivity contribution in [1.29, 1.82) is 0 Å². The maximum Gasteiger partial charge on any atom is 0.311 e. The molecule has 1 aromatic carbocycles. The molecule has 1 aromatic rings. The van der Waals surface area contributed by atoms with Crippen molar-refractivity contribution in [2.24, 2.45) is 11.3 Å². The number of carboxylic acid groups (broad SMARTS) is 1. The molecule has 1 unspecified atom stereocenters. The summed E-state index contributed by atoms with van der Waals surface area (Å²) in [6.45, 7) is 5.12. The van der Waals surface area contributed by atoms with E-state index in [-0.39, 0.29) is 25.0 Å². The van der Waals surface area contributed by atoms with Gasteiger partial charge in [-0.25, -0.2) is 0 Å². The van der Waals surface area contributed by atoms with Gasteiger partial charge in [-0.2, -0.15) is 0 Å². The van der Waals surface area contributed by atoms with Crippen molar-refractivity contribution in [1.82, 2.24) is 4.90 Å². The molecule has 0 aliphatic carbocycles. The lowest BCUT2D eigenvalue weighted by molar-refractivity contribution is -0.151. The first-order valence-corrected chi connectivity index (χ1v) is 8.22. The van der Waals surface area contributed by atoms with Gasteiger partial charge in [-0.3, -0.25) is 9.59 Å². The largest absolute Gasteiger partial charge is 0.491 e. The molecule has 1 amide bonds. The highest BCUT2D eigenvalue weighted by molar-refractivity contribution is 5.81. The van der Waals surface area contributed by atoms with Gasteiger partial charge in [-0.05, 0) is 24.5 Å². The molecule has 1 aliphatic rings. The minimum atomic E-state index is -0.841. The number of benzene rings is 1. The number of amides is 1. The van der Waals surface area contributed by atoms with E-state index in [9.17, 15) is 14.7 Å². The van der Waals surface area contributed by atoms with Gasteiger partial charge in [0.25, 0.3) is 0 Å². The van der Waals surface area contributed by atoms with Crippen molar-refractivity contribution in [3.05, 3.63) is 30.3 Å². The van der Waals surface area contributed by atoms with Gasteiger partial charge in [0.1, 0.15) is 19.0 Å². The first-order chi connectivity index (χ1) is 11.5. The summed E-state index contributed by atoms with van der Waals surface area (Å²) in [5.41, 5.74) is -0.841. The number of hydrogen-bond acceptors (Lipinski definition) is 4. The molecule has 1 aliphatic heterocycles. The molecule has 132 valence electrons. The first kappa shape index (κ1) is 18.3. The van der Waals surface area contributed by atoms with Gasteiger partial charge in [0.2, 0.25) is 5.91 Å². The third kappa shape index (κ3) is 4.26. The highest BCUT2D eigenvalue weighted by Gasteiger charge is 2.48. The van der Waals surface area contributed by atoms with Gasteiger partial charge in [-0.15, -0.1) is 0 Å². The Morgan fingerprint density at radius 1 is 1.25 bits per heavy atom. The quantitative estimate of drug-likeness (QED) is 0.736. The number of carbonyl (C=O) groups is 2. The minimum absolute atomic E-state index is 0.0204. The predicted molar refractivity (Wildman–Crippen MR) is 88.9 cm³/mol. The summed E-state index contributed by atoms with van der Waals surface area (Å²) in [6.07, 6.45) is 0.489. The number of aliphatic carboxylic acids is 1. The summed E-state index contributed by atoms with van der Waals surface area (Å²) in [5.74, 6) is -0.258. The number of ether oxygens (including phenoxy) is 2. The Hall–Kier alpha value is -2.08. The van der Waals surface area contributed by atoms with Crippen molar-refractivity contribution in [2.45, 2.75) is 20.3 Å². The Morgan fingerprint density at radius 3 is 2.54 bits per heavy atom. The number of para-hydroxylation sites is 1. The van der Waals surface area contributed by atoms with Gasteiger partial charge in [0, 0.05) is 13.1 Å². The summed E-state index contributed by atoms with van der Waals surface area (Å²) in [6, 6.07) is 9.39. The van der Waals surface area contributed by atoms with Crippen molar-refractivity contribution in [2.75, 3.05) is 32.9 Å². The average molecular weight is 335 g/mol. The van der Waals surface area contributed by atoms with Gasteiger partial charge in [0.15, 0.2) is 0 Å². The lowest BCUT2D eigenvalue weighted by Crippen LogP contribution is -2.41. The van der Waals surface area contributed by atoms with Crippen LogP contribution in [0.5, 0.6) is 5.75 Å². The van der Waals surface area contributed by atoms with Gasteiger partial charge >= 0.3 is 5.97 Å². The molecular formula is C18H25NO5. The molecule has 1 N–H and O–H groups in total. The van der Waals surface area contributed by atoms with Crippen molar-refractivity contribution < 1.29 is 24.2 Å². The zero-order valence-electron chi connectivity index (χ0n) is 14.2. The Kier molecular flexibility index (Phi) is 6.20. The molecule has 6 nitrogen and oxygen atoms in total. The summed E-state index contributed by atoms with van der Waals surface area (Å²) in [4.78, 5) is 25.3. The van der Waals surface area contributed by atoms with Crippen LogP contribution in [0.25, 0.3) is 0 Å². The van der Waals surface area contributed by atoms with E-state index in [0.717, 1.165) is 5.75 Å². The van der Waals surface area contributed by atoms with Crippen LogP contribution in [0.2, 0.25) is 0 Å². The monoisotopic (exact) mass is 335 g/mol. The zero-order valence-corrected chi connectivity index (χ0v) is 14.2. The highest BCUT2D eigenvalue weighted by atomic mass is 16.5. The normalized spacial score (nSPS) is 20.4. The van der Waals surface area contributed by atoms with Gasteiger partial charge in [-0.1, -0.05) is 32.0 Å². The van der Waals surface area contributed by atoms with Crippen LogP contribution in [0.4, 0.5) is 0 Å².